The van der Waals surface area contributed by atoms with Crippen LogP contribution in [0.15, 0.2) is 0 Å². The topological polar surface area (TPSA) is 43.1 Å². The normalized spacial score (nSPS) is 13.9. The predicted octanol–water partition coefficient (Wildman–Crippen LogP) is 3.15. The Bertz CT molecular complexity index is 177. The predicted molar refractivity (Wildman–Crippen MR) is 65.8 cm³/mol. The standard InChI is InChI=1S/C13H27NO/c1-5-8-11(4)9-12(15)13(6-2,7-3)10-14/h11H,5-10,14H2,1-4H3. The fraction of sp³-hybridized carbons (Fsp3) is 0.923. The first kappa shape index (κ1) is 14.6. The first-order valence-electron chi connectivity index (χ1n) is 6.29. The molecule has 0 fully saturated rings. The van der Waals surface area contributed by atoms with Crippen LogP contribution in [0.2, 0.25) is 0 Å². The number of hydrogen-bond acceptors (Lipinski definition) is 2. The highest BCUT2D eigenvalue weighted by Crippen LogP contribution is 2.29. The molecule has 0 aromatic rings. The first-order chi connectivity index (χ1) is 7.06. The van der Waals surface area contributed by atoms with E-state index in [9.17, 15) is 4.79 Å². The molecule has 0 rings (SSSR count). The fourth-order valence-electron chi connectivity index (χ4n) is 2.17. The van der Waals surface area contributed by atoms with Crippen LogP contribution in [0.1, 0.15) is 59.8 Å². The van der Waals surface area contributed by atoms with Crippen LogP contribution in [0, 0.1) is 11.3 Å². The SMILES string of the molecule is CCCC(C)CC(=O)C(CC)(CC)CN. The van der Waals surface area contributed by atoms with Gasteiger partial charge in [-0.1, -0.05) is 40.5 Å². The average Bonchev–Trinajstić information content (AvgIpc) is 2.21. The summed E-state index contributed by atoms with van der Waals surface area (Å²) in [4.78, 5) is 12.2. The molecule has 0 aliphatic rings. The van der Waals surface area contributed by atoms with Crippen molar-refractivity contribution >= 4 is 5.78 Å². The van der Waals surface area contributed by atoms with Crippen molar-refractivity contribution in [1.82, 2.24) is 0 Å². The number of carbonyl (C=O) groups excluding carboxylic acids is 1. The molecule has 0 aliphatic heterocycles. The molecule has 2 N–H and O–H groups in total. The Balaban J connectivity index is 4.38. The van der Waals surface area contributed by atoms with Gasteiger partial charge in [0.2, 0.25) is 0 Å². The van der Waals surface area contributed by atoms with Gasteiger partial charge in [-0.25, -0.2) is 0 Å². The molecule has 0 radical (unpaired) electrons. The summed E-state index contributed by atoms with van der Waals surface area (Å²) in [6.07, 6.45) is 4.74. The summed E-state index contributed by atoms with van der Waals surface area (Å²) in [7, 11) is 0. The van der Waals surface area contributed by atoms with Crippen LogP contribution in [0.25, 0.3) is 0 Å². The van der Waals surface area contributed by atoms with E-state index in [4.69, 9.17) is 5.73 Å². The van der Waals surface area contributed by atoms with Crippen molar-refractivity contribution in [3.63, 3.8) is 0 Å². The molecule has 0 aromatic carbocycles. The van der Waals surface area contributed by atoms with Crippen LogP contribution >= 0.6 is 0 Å². The van der Waals surface area contributed by atoms with E-state index in [1.165, 1.54) is 0 Å². The molecule has 2 heteroatoms. The van der Waals surface area contributed by atoms with E-state index in [2.05, 4.69) is 27.7 Å². The third-order valence-electron chi connectivity index (χ3n) is 3.65. The number of carbonyl (C=O) groups is 1. The first-order valence-corrected chi connectivity index (χ1v) is 6.29. The van der Waals surface area contributed by atoms with Crippen LogP contribution in [0.4, 0.5) is 0 Å². The number of Topliss-reactive ketones (excluding diaryl/α,β-unsaturated/α-hetero) is 1. The van der Waals surface area contributed by atoms with Crippen molar-refractivity contribution < 1.29 is 4.79 Å². The minimum atomic E-state index is -0.248. The number of hydrogen-bond donors (Lipinski definition) is 1. The smallest absolute Gasteiger partial charge is 0.140 e. The second-order valence-electron chi connectivity index (χ2n) is 4.71. The molecule has 0 heterocycles. The summed E-state index contributed by atoms with van der Waals surface area (Å²) >= 11 is 0. The van der Waals surface area contributed by atoms with E-state index in [1.807, 2.05) is 0 Å². The summed E-state index contributed by atoms with van der Waals surface area (Å²) in [5, 5.41) is 0. The monoisotopic (exact) mass is 213 g/mol. The van der Waals surface area contributed by atoms with E-state index < -0.39 is 0 Å². The largest absolute Gasteiger partial charge is 0.329 e. The Morgan fingerprint density at radius 2 is 1.80 bits per heavy atom. The molecule has 0 spiro atoms. The van der Waals surface area contributed by atoms with E-state index in [0.29, 0.717) is 24.7 Å². The Kier molecular flexibility index (Phi) is 6.82. The van der Waals surface area contributed by atoms with Crippen molar-refractivity contribution in [2.45, 2.75) is 59.8 Å². The lowest BCUT2D eigenvalue weighted by Crippen LogP contribution is -2.38. The van der Waals surface area contributed by atoms with Crippen molar-refractivity contribution in [3.8, 4) is 0 Å². The summed E-state index contributed by atoms with van der Waals surface area (Å²) < 4.78 is 0. The number of ketones is 1. The van der Waals surface area contributed by atoms with Crippen molar-refractivity contribution in [3.05, 3.63) is 0 Å². The minimum absolute atomic E-state index is 0.248. The van der Waals surface area contributed by atoms with Gasteiger partial charge in [0.15, 0.2) is 0 Å². The van der Waals surface area contributed by atoms with E-state index in [1.54, 1.807) is 0 Å². The van der Waals surface area contributed by atoms with Crippen LogP contribution in [-0.4, -0.2) is 12.3 Å². The van der Waals surface area contributed by atoms with Gasteiger partial charge in [0.1, 0.15) is 5.78 Å². The van der Waals surface area contributed by atoms with Crippen molar-refractivity contribution in [2.75, 3.05) is 6.54 Å². The Hall–Kier alpha value is -0.370. The van der Waals surface area contributed by atoms with Crippen molar-refractivity contribution in [2.24, 2.45) is 17.1 Å². The minimum Gasteiger partial charge on any atom is -0.329 e. The number of rotatable bonds is 8. The van der Waals surface area contributed by atoms with Gasteiger partial charge in [0.25, 0.3) is 0 Å². The van der Waals surface area contributed by atoms with Gasteiger partial charge in [-0.15, -0.1) is 0 Å². The Labute approximate surface area is 94.6 Å². The molecule has 0 aliphatic carbocycles. The molecule has 1 atom stereocenters. The van der Waals surface area contributed by atoms with Crippen molar-refractivity contribution in [1.29, 1.82) is 0 Å². The zero-order valence-corrected chi connectivity index (χ0v) is 10.8. The Morgan fingerprint density at radius 1 is 1.27 bits per heavy atom. The molecule has 0 bridgehead atoms. The average molecular weight is 213 g/mol. The lowest BCUT2D eigenvalue weighted by molar-refractivity contribution is -0.129. The molecular formula is C13H27NO. The molecule has 90 valence electrons. The highest BCUT2D eigenvalue weighted by Gasteiger charge is 2.33. The lowest BCUT2D eigenvalue weighted by Gasteiger charge is -2.29. The summed E-state index contributed by atoms with van der Waals surface area (Å²) in [5.74, 6) is 0.877. The molecule has 0 amide bonds. The van der Waals surface area contributed by atoms with E-state index in [0.717, 1.165) is 25.7 Å². The molecule has 0 saturated carbocycles. The maximum Gasteiger partial charge on any atom is 0.140 e. The highest BCUT2D eigenvalue weighted by atomic mass is 16.1. The molecule has 2 nitrogen and oxygen atoms in total. The molecular weight excluding hydrogens is 186 g/mol. The molecule has 0 saturated heterocycles. The third-order valence-corrected chi connectivity index (χ3v) is 3.65. The summed E-state index contributed by atoms with van der Waals surface area (Å²) in [6.45, 7) is 8.96. The molecule has 15 heavy (non-hydrogen) atoms. The van der Waals surface area contributed by atoms with Crippen LogP contribution < -0.4 is 5.73 Å². The molecule has 0 aromatic heterocycles. The van der Waals surface area contributed by atoms with Gasteiger partial charge < -0.3 is 5.73 Å². The van der Waals surface area contributed by atoms with Gasteiger partial charge in [-0.05, 0) is 18.8 Å². The second kappa shape index (κ2) is 7.00. The lowest BCUT2D eigenvalue weighted by atomic mass is 9.75. The van der Waals surface area contributed by atoms with Crippen LogP contribution in [-0.2, 0) is 4.79 Å². The second-order valence-corrected chi connectivity index (χ2v) is 4.71. The van der Waals surface area contributed by atoms with Gasteiger partial charge in [-0.3, -0.25) is 4.79 Å². The van der Waals surface area contributed by atoms with E-state index in [-0.39, 0.29) is 5.41 Å². The third kappa shape index (κ3) is 3.94. The van der Waals surface area contributed by atoms with Crippen LogP contribution in [0.5, 0.6) is 0 Å². The van der Waals surface area contributed by atoms with E-state index >= 15 is 0 Å². The zero-order valence-electron chi connectivity index (χ0n) is 10.8. The zero-order chi connectivity index (χ0) is 11.9. The van der Waals surface area contributed by atoms with Gasteiger partial charge in [0.05, 0.1) is 0 Å². The summed E-state index contributed by atoms with van der Waals surface area (Å²) in [5.41, 5.74) is 5.51. The van der Waals surface area contributed by atoms with Gasteiger partial charge in [-0.2, -0.15) is 0 Å². The molecule has 1 unspecified atom stereocenters. The Morgan fingerprint density at radius 3 is 2.13 bits per heavy atom. The maximum absolute atomic E-state index is 12.2. The fourth-order valence-corrected chi connectivity index (χ4v) is 2.17. The quantitative estimate of drug-likeness (QED) is 0.673. The van der Waals surface area contributed by atoms with Gasteiger partial charge >= 0.3 is 0 Å². The van der Waals surface area contributed by atoms with Crippen LogP contribution in [0.3, 0.4) is 0 Å². The summed E-state index contributed by atoms with van der Waals surface area (Å²) in [6, 6.07) is 0. The van der Waals surface area contributed by atoms with Gasteiger partial charge in [0, 0.05) is 18.4 Å². The number of nitrogens with two attached hydrogens (primary N) is 1. The maximum atomic E-state index is 12.2. The highest BCUT2D eigenvalue weighted by molar-refractivity contribution is 5.85.